The van der Waals surface area contributed by atoms with Gasteiger partial charge in [0.15, 0.2) is 0 Å². The Labute approximate surface area is 110 Å². The van der Waals surface area contributed by atoms with Crippen LogP contribution in [-0.2, 0) is 0 Å². The molecule has 0 unspecified atom stereocenters. The quantitative estimate of drug-likeness (QED) is 0.889. The zero-order valence-electron chi connectivity index (χ0n) is 11.9. The number of aryl methyl sites for hydroxylation is 2. The van der Waals surface area contributed by atoms with Crippen molar-refractivity contribution in [2.75, 3.05) is 19.0 Å². The summed E-state index contributed by atoms with van der Waals surface area (Å²) in [5.74, 6) is 1.92. The van der Waals surface area contributed by atoms with E-state index in [0.717, 1.165) is 17.3 Å². The van der Waals surface area contributed by atoms with Crippen LogP contribution in [0.5, 0.6) is 0 Å². The van der Waals surface area contributed by atoms with Crippen LogP contribution in [0.1, 0.15) is 37.2 Å². The fourth-order valence-electron chi connectivity index (χ4n) is 2.82. The smallest absolute Gasteiger partial charge is 0.132 e. The highest BCUT2D eigenvalue weighted by atomic mass is 15.2. The first kappa shape index (κ1) is 13.3. The highest BCUT2D eigenvalue weighted by molar-refractivity contribution is 5.40. The Morgan fingerprint density at radius 1 is 1.17 bits per heavy atom. The lowest BCUT2D eigenvalue weighted by Crippen LogP contribution is -2.40. The first-order valence-electron chi connectivity index (χ1n) is 6.82. The van der Waals surface area contributed by atoms with Crippen molar-refractivity contribution in [3.63, 3.8) is 0 Å². The number of hydrogen-bond donors (Lipinski definition) is 1. The summed E-state index contributed by atoms with van der Waals surface area (Å²) in [4.78, 5) is 11.2. The molecule has 1 aromatic heterocycles. The topological polar surface area (TPSA) is 41.0 Å². The van der Waals surface area contributed by atoms with Gasteiger partial charge in [-0.15, -0.1) is 0 Å². The number of anilines is 1. The number of nitrogens with zero attached hydrogens (tertiary/aromatic N) is 3. The molecule has 1 fully saturated rings. The SMILES string of the molecule is CNC1CCC(N(C)c2cc(C)nc(C)n2)CC1. The average Bonchev–Trinajstić information content (AvgIpc) is 2.37. The van der Waals surface area contributed by atoms with Gasteiger partial charge in [0.25, 0.3) is 0 Å². The van der Waals surface area contributed by atoms with E-state index in [-0.39, 0.29) is 0 Å². The molecule has 0 aliphatic heterocycles. The summed E-state index contributed by atoms with van der Waals surface area (Å²) < 4.78 is 0. The summed E-state index contributed by atoms with van der Waals surface area (Å²) in [5.41, 5.74) is 1.05. The Morgan fingerprint density at radius 2 is 1.83 bits per heavy atom. The van der Waals surface area contributed by atoms with Crippen molar-refractivity contribution in [3.05, 3.63) is 17.6 Å². The van der Waals surface area contributed by atoms with Gasteiger partial charge in [-0.3, -0.25) is 0 Å². The lowest BCUT2D eigenvalue weighted by Gasteiger charge is -2.35. The highest BCUT2D eigenvalue weighted by Gasteiger charge is 2.24. The zero-order valence-corrected chi connectivity index (χ0v) is 11.9. The van der Waals surface area contributed by atoms with E-state index in [4.69, 9.17) is 0 Å². The number of hydrogen-bond acceptors (Lipinski definition) is 4. The predicted octanol–water partition coefficient (Wildman–Crippen LogP) is 2.06. The van der Waals surface area contributed by atoms with E-state index >= 15 is 0 Å². The Kier molecular flexibility index (Phi) is 4.17. The summed E-state index contributed by atoms with van der Waals surface area (Å²) in [6.45, 7) is 3.99. The molecule has 0 amide bonds. The molecule has 1 heterocycles. The molecule has 0 spiro atoms. The molecule has 1 aromatic rings. The number of aromatic nitrogens is 2. The maximum atomic E-state index is 4.55. The van der Waals surface area contributed by atoms with E-state index in [1.54, 1.807) is 0 Å². The Bertz CT molecular complexity index is 377. The average molecular weight is 248 g/mol. The predicted molar refractivity (Wildman–Crippen MR) is 75.0 cm³/mol. The van der Waals surface area contributed by atoms with Crippen LogP contribution in [0.25, 0.3) is 0 Å². The summed E-state index contributed by atoms with van der Waals surface area (Å²) in [7, 11) is 4.22. The van der Waals surface area contributed by atoms with Crippen LogP contribution in [-0.4, -0.2) is 36.1 Å². The number of nitrogens with one attached hydrogen (secondary N) is 1. The standard InChI is InChI=1S/C14H24N4/c1-10-9-14(17-11(2)16-10)18(4)13-7-5-12(15-3)6-8-13/h9,12-13,15H,5-8H2,1-4H3. The molecule has 4 nitrogen and oxygen atoms in total. The van der Waals surface area contributed by atoms with Crippen LogP contribution in [0.15, 0.2) is 6.07 Å². The minimum atomic E-state index is 0.614. The van der Waals surface area contributed by atoms with Gasteiger partial charge in [-0.1, -0.05) is 0 Å². The van der Waals surface area contributed by atoms with Gasteiger partial charge >= 0.3 is 0 Å². The molecule has 1 aliphatic carbocycles. The molecule has 0 saturated heterocycles. The lowest BCUT2D eigenvalue weighted by molar-refractivity contribution is 0.350. The second-order valence-corrected chi connectivity index (χ2v) is 5.32. The van der Waals surface area contributed by atoms with Crippen molar-refractivity contribution >= 4 is 5.82 Å². The fourth-order valence-corrected chi connectivity index (χ4v) is 2.82. The molecule has 1 aliphatic rings. The van der Waals surface area contributed by atoms with E-state index in [0.29, 0.717) is 12.1 Å². The van der Waals surface area contributed by atoms with Crippen LogP contribution >= 0.6 is 0 Å². The van der Waals surface area contributed by atoms with E-state index in [1.807, 2.05) is 13.8 Å². The third kappa shape index (κ3) is 2.99. The zero-order chi connectivity index (χ0) is 13.1. The molecule has 4 heteroatoms. The van der Waals surface area contributed by atoms with E-state index in [1.165, 1.54) is 25.7 Å². The van der Waals surface area contributed by atoms with Gasteiger partial charge in [-0.2, -0.15) is 0 Å². The maximum absolute atomic E-state index is 4.55. The van der Waals surface area contributed by atoms with Gasteiger partial charge in [0.05, 0.1) is 0 Å². The first-order chi connectivity index (χ1) is 8.60. The lowest BCUT2D eigenvalue weighted by atomic mass is 9.90. The van der Waals surface area contributed by atoms with Crippen molar-refractivity contribution in [1.29, 1.82) is 0 Å². The molecule has 2 rings (SSSR count). The van der Waals surface area contributed by atoms with Gasteiger partial charge in [0, 0.05) is 30.9 Å². The van der Waals surface area contributed by atoms with Crippen molar-refractivity contribution in [3.8, 4) is 0 Å². The summed E-state index contributed by atoms with van der Waals surface area (Å²) in [6, 6.07) is 3.39. The van der Waals surface area contributed by atoms with Crippen LogP contribution in [0.2, 0.25) is 0 Å². The second-order valence-electron chi connectivity index (χ2n) is 5.32. The van der Waals surface area contributed by atoms with Crippen molar-refractivity contribution in [2.45, 2.75) is 51.6 Å². The largest absolute Gasteiger partial charge is 0.357 e. The van der Waals surface area contributed by atoms with Gasteiger partial charge in [0.1, 0.15) is 11.6 Å². The molecule has 18 heavy (non-hydrogen) atoms. The highest BCUT2D eigenvalue weighted by Crippen LogP contribution is 2.25. The van der Waals surface area contributed by atoms with Crippen molar-refractivity contribution in [1.82, 2.24) is 15.3 Å². The number of rotatable bonds is 3. The molecular weight excluding hydrogens is 224 g/mol. The van der Waals surface area contributed by atoms with Crippen molar-refractivity contribution in [2.24, 2.45) is 0 Å². The molecular formula is C14H24N4. The van der Waals surface area contributed by atoms with Crippen LogP contribution in [0.4, 0.5) is 5.82 Å². The summed E-state index contributed by atoms with van der Waals surface area (Å²) >= 11 is 0. The van der Waals surface area contributed by atoms with E-state index in [9.17, 15) is 0 Å². The maximum Gasteiger partial charge on any atom is 0.132 e. The summed E-state index contributed by atoms with van der Waals surface area (Å²) in [6.07, 6.45) is 5.00. The van der Waals surface area contributed by atoms with E-state index in [2.05, 4.69) is 40.3 Å². The molecule has 0 radical (unpaired) electrons. The molecule has 100 valence electrons. The normalized spacial score (nSPS) is 24.0. The Morgan fingerprint density at radius 3 is 2.39 bits per heavy atom. The molecule has 0 aromatic carbocycles. The monoisotopic (exact) mass is 248 g/mol. The van der Waals surface area contributed by atoms with Gasteiger partial charge in [-0.25, -0.2) is 9.97 Å². The molecule has 1 saturated carbocycles. The fraction of sp³-hybridized carbons (Fsp3) is 0.714. The van der Waals surface area contributed by atoms with Gasteiger partial charge in [0.2, 0.25) is 0 Å². The van der Waals surface area contributed by atoms with Crippen LogP contribution in [0.3, 0.4) is 0 Å². The molecule has 0 atom stereocenters. The van der Waals surface area contributed by atoms with Gasteiger partial charge in [-0.05, 0) is 46.6 Å². The third-order valence-electron chi connectivity index (χ3n) is 3.97. The minimum Gasteiger partial charge on any atom is -0.357 e. The van der Waals surface area contributed by atoms with Gasteiger partial charge < -0.3 is 10.2 Å². The third-order valence-corrected chi connectivity index (χ3v) is 3.97. The van der Waals surface area contributed by atoms with Crippen LogP contribution < -0.4 is 10.2 Å². The Balaban J connectivity index is 2.05. The van der Waals surface area contributed by atoms with Crippen LogP contribution in [0, 0.1) is 13.8 Å². The Hall–Kier alpha value is -1.16. The first-order valence-corrected chi connectivity index (χ1v) is 6.82. The van der Waals surface area contributed by atoms with E-state index < -0.39 is 0 Å². The second kappa shape index (κ2) is 5.65. The minimum absolute atomic E-state index is 0.614. The molecule has 0 bridgehead atoms. The summed E-state index contributed by atoms with van der Waals surface area (Å²) in [5, 5.41) is 3.38. The molecule has 1 N–H and O–H groups in total. The van der Waals surface area contributed by atoms with Crippen molar-refractivity contribution < 1.29 is 0 Å².